The Morgan fingerprint density at radius 3 is 3.00 bits per heavy atom. The Hall–Kier alpha value is -0.560. The van der Waals surface area contributed by atoms with Gasteiger partial charge in [0.2, 0.25) is 0 Å². The monoisotopic (exact) mass is 151 g/mol. The van der Waals surface area contributed by atoms with Gasteiger partial charge in [-0.15, -0.1) is 0 Å². The van der Waals surface area contributed by atoms with Crippen LogP contribution in [0.2, 0.25) is 0 Å². The molecular weight excluding hydrogens is 134 g/mol. The minimum atomic E-state index is 0.408. The molecule has 1 aliphatic carbocycles. The number of hydrogen-bond donors (Lipinski definition) is 1. The van der Waals surface area contributed by atoms with Gasteiger partial charge in [-0.25, -0.2) is 0 Å². The second kappa shape index (κ2) is 3.72. The molecular formula is C10H17N. The first-order chi connectivity index (χ1) is 5.22. The summed E-state index contributed by atoms with van der Waals surface area (Å²) in [6, 6.07) is 0.408. The maximum absolute atomic E-state index is 5.77. The van der Waals surface area contributed by atoms with E-state index in [-0.39, 0.29) is 0 Å². The van der Waals surface area contributed by atoms with Gasteiger partial charge in [-0.2, -0.15) is 0 Å². The van der Waals surface area contributed by atoms with E-state index in [4.69, 9.17) is 5.73 Å². The van der Waals surface area contributed by atoms with Crippen molar-refractivity contribution in [1.82, 2.24) is 0 Å². The van der Waals surface area contributed by atoms with Crippen LogP contribution in [0.5, 0.6) is 0 Å². The van der Waals surface area contributed by atoms with Crippen molar-refractivity contribution >= 4 is 0 Å². The van der Waals surface area contributed by atoms with E-state index < -0.39 is 0 Å². The Morgan fingerprint density at radius 2 is 2.55 bits per heavy atom. The molecule has 1 fully saturated rings. The molecule has 0 aromatic carbocycles. The van der Waals surface area contributed by atoms with Crippen LogP contribution >= 0.6 is 0 Å². The molecule has 0 heterocycles. The summed E-state index contributed by atoms with van der Waals surface area (Å²) in [5, 5.41) is 0. The standard InChI is InChI=1S/C10H17N/c1-3-8(2)6-9-4-5-10(11)7-9/h6,10H,2-5,7,11H2,1H3/b9-6-. The number of rotatable bonds is 2. The Labute approximate surface area is 69.0 Å². The van der Waals surface area contributed by atoms with Gasteiger partial charge in [-0.3, -0.25) is 0 Å². The van der Waals surface area contributed by atoms with Crippen LogP contribution in [0.3, 0.4) is 0 Å². The topological polar surface area (TPSA) is 26.0 Å². The van der Waals surface area contributed by atoms with Crippen molar-refractivity contribution in [2.75, 3.05) is 0 Å². The maximum Gasteiger partial charge on any atom is 0.00792 e. The molecule has 1 nitrogen and oxygen atoms in total. The van der Waals surface area contributed by atoms with Crippen LogP contribution < -0.4 is 5.73 Å². The molecule has 0 aliphatic heterocycles. The number of allylic oxidation sites excluding steroid dienone is 2. The highest BCUT2D eigenvalue weighted by Gasteiger charge is 2.14. The lowest BCUT2D eigenvalue weighted by molar-refractivity contribution is 0.711. The van der Waals surface area contributed by atoms with Gasteiger partial charge in [-0.1, -0.05) is 30.7 Å². The van der Waals surface area contributed by atoms with Crippen molar-refractivity contribution in [3.63, 3.8) is 0 Å². The lowest BCUT2D eigenvalue weighted by Gasteiger charge is -1.98. The van der Waals surface area contributed by atoms with E-state index in [0.29, 0.717) is 6.04 Å². The SMILES string of the molecule is C=C(/C=C1/CCC(N)C1)CC. The van der Waals surface area contributed by atoms with Crippen LogP contribution in [-0.4, -0.2) is 6.04 Å². The summed E-state index contributed by atoms with van der Waals surface area (Å²) in [7, 11) is 0. The van der Waals surface area contributed by atoms with Gasteiger partial charge >= 0.3 is 0 Å². The largest absolute Gasteiger partial charge is 0.327 e. The van der Waals surface area contributed by atoms with Gasteiger partial charge in [0.1, 0.15) is 0 Å². The molecule has 0 radical (unpaired) electrons. The molecule has 0 bridgehead atoms. The molecule has 2 N–H and O–H groups in total. The van der Waals surface area contributed by atoms with Crippen LogP contribution in [0, 0.1) is 0 Å². The van der Waals surface area contributed by atoms with Crippen molar-refractivity contribution in [3.8, 4) is 0 Å². The lowest BCUT2D eigenvalue weighted by atomic mass is 10.1. The quantitative estimate of drug-likeness (QED) is 0.644. The van der Waals surface area contributed by atoms with Crippen molar-refractivity contribution < 1.29 is 0 Å². The molecule has 11 heavy (non-hydrogen) atoms. The van der Waals surface area contributed by atoms with Gasteiger partial charge < -0.3 is 5.73 Å². The zero-order valence-corrected chi connectivity index (χ0v) is 7.27. The van der Waals surface area contributed by atoms with Crippen LogP contribution in [0.15, 0.2) is 23.8 Å². The molecule has 1 heteroatoms. The van der Waals surface area contributed by atoms with E-state index in [9.17, 15) is 0 Å². The average Bonchev–Trinajstić information content (AvgIpc) is 2.35. The summed E-state index contributed by atoms with van der Waals surface area (Å²) in [5.41, 5.74) is 8.49. The lowest BCUT2D eigenvalue weighted by Crippen LogP contribution is -2.13. The van der Waals surface area contributed by atoms with Crippen LogP contribution in [0.25, 0.3) is 0 Å². The average molecular weight is 151 g/mol. The Morgan fingerprint density at radius 1 is 1.82 bits per heavy atom. The zero-order valence-electron chi connectivity index (χ0n) is 7.27. The van der Waals surface area contributed by atoms with Crippen molar-refractivity contribution in [1.29, 1.82) is 0 Å². The fourth-order valence-electron chi connectivity index (χ4n) is 1.43. The molecule has 1 saturated carbocycles. The molecule has 62 valence electrons. The summed E-state index contributed by atoms with van der Waals surface area (Å²) in [4.78, 5) is 0. The molecule has 0 aromatic heterocycles. The van der Waals surface area contributed by atoms with Gasteiger partial charge in [-0.05, 0) is 25.7 Å². The van der Waals surface area contributed by atoms with Crippen molar-refractivity contribution in [2.24, 2.45) is 5.73 Å². The highest BCUT2D eigenvalue weighted by atomic mass is 14.6. The van der Waals surface area contributed by atoms with Crippen LogP contribution in [0.4, 0.5) is 0 Å². The van der Waals surface area contributed by atoms with Crippen LogP contribution in [0.1, 0.15) is 32.6 Å². The van der Waals surface area contributed by atoms with E-state index >= 15 is 0 Å². The Bertz CT molecular complexity index is 179. The molecule has 1 atom stereocenters. The van der Waals surface area contributed by atoms with E-state index in [0.717, 1.165) is 19.3 Å². The molecule has 1 rings (SSSR count). The first-order valence-corrected chi connectivity index (χ1v) is 4.35. The second-order valence-corrected chi connectivity index (χ2v) is 3.32. The Balaban J connectivity index is 2.48. The minimum absolute atomic E-state index is 0.408. The predicted octanol–water partition coefficient (Wildman–Crippen LogP) is 2.39. The minimum Gasteiger partial charge on any atom is -0.327 e. The number of hydrogen-bond acceptors (Lipinski definition) is 1. The van der Waals surface area contributed by atoms with Gasteiger partial charge in [0.15, 0.2) is 0 Å². The fraction of sp³-hybridized carbons (Fsp3) is 0.600. The van der Waals surface area contributed by atoms with Gasteiger partial charge in [0.05, 0.1) is 0 Å². The summed E-state index contributed by atoms with van der Waals surface area (Å²) in [5.74, 6) is 0. The third kappa shape index (κ3) is 2.51. The smallest absolute Gasteiger partial charge is 0.00792 e. The summed E-state index contributed by atoms with van der Waals surface area (Å²) >= 11 is 0. The molecule has 0 spiro atoms. The van der Waals surface area contributed by atoms with Crippen molar-refractivity contribution in [2.45, 2.75) is 38.6 Å². The van der Waals surface area contributed by atoms with E-state index in [1.54, 1.807) is 0 Å². The Kier molecular flexibility index (Phi) is 2.89. The maximum atomic E-state index is 5.77. The summed E-state index contributed by atoms with van der Waals surface area (Å²) in [6.45, 7) is 6.08. The molecule has 1 aliphatic rings. The molecule has 0 saturated heterocycles. The van der Waals surface area contributed by atoms with Gasteiger partial charge in [0.25, 0.3) is 0 Å². The number of nitrogens with two attached hydrogens (primary N) is 1. The zero-order chi connectivity index (χ0) is 8.27. The highest BCUT2D eigenvalue weighted by molar-refractivity contribution is 5.23. The first-order valence-electron chi connectivity index (χ1n) is 4.35. The first kappa shape index (κ1) is 8.54. The van der Waals surface area contributed by atoms with E-state index in [2.05, 4.69) is 19.6 Å². The van der Waals surface area contributed by atoms with E-state index in [1.165, 1.54) is 17.6 Å². The molecule has 1 unspecified atom stereocenters. The summed E-state index contributed by atoms with van der Waals surface area (Å²) in [6.07, 6.45) is 6.69. The molecule has 0 aromatic rings. The highest BCUT2D eigenvalue weighted by Crippen LogP contribution is 2.24. The molecule has 0 amide bonds. The summed E-state index contributed by atoms with van der Waals surface area (Å²) < 4.78 is 0. The third-order valence-corrected chi connectivity index (χ3v) is 2.22. The fourth-order valence-corrected chi connectivity index (χ4v) is 1.43. The van der Waals surface area contributed by atoms with Gasteiger partial charge in [0, 0.05) is 6.04 Å². The van der Waals surface area contributed by atoms with Crippen molar-refractivity contribution in [3.05, 3.63) is 23.8 Å². The van der Waals surface area contributed by atoms with E-state index in [1.807, 2.05) is 0 Å². The van der Waals surface area contributed by atoms with Crippen LogP contribution in [-0.2, 0) is 0 Å². The third-order valence-electron chi connectivity index (χ3n) is 2.22. The predicted molar refractivity (Wildman–Crippen MR) is 49.3 cm³/mol. The second-order valence-electron chi connectivity index (χ2n) is 3.32. The normalized spacial score (nSPS) is 27.8.